The fourth-order valence-electron chi connectivity index (χ4n) is 3.86. The van der Waals surface area contributed by atoms with Crippen molar-refractivity contribution in [2.45, 2.75) is 5.92 Å². The monoisotopic (exact) mass is 564 g/mol. The minimum absolute atomic E-state index is 0. The first-order chi connectivity index (χ1) is 10.9. The van der Waals surface area contributed by atoms with Crippen LogP contribution in [-0.4, -0.2) is 0 Å². The summed E-state index contributed by atoms with van der Waals surface area (Å²) in [5.41, 5.74) is 7.03. The molecule has 0 N–H and O–H groups in total. The van der Waals surface area contributed by atoms with E-state index in [1.807, 2.05) is 0 Å². The van der Waals surface area contributed by atoms with Crippen molar-refractivity contribution >= 4 is 10.8 Å². The molecule has 0 amide bonds. The predicted molar refractivity (Wildman–Crippen MR) is 92.4 cm³/mol. The van der Waals surface area contributed by atoms with Gasteiger partial charge in [0.2, 0.25) is 0 Å². The summed E-state index contributed by atoms with van der Waals surface area (Å²) in [6.07, 6.45) is 0. The Kier molecular flexibility index (Phi) is 8.23. The molecule has 0 unspecified atom stereocenters. The molecule has 4 aromatic carbocycles. The maximum atomic E-state index is 2.35. The molecule has 0 spiro atoms. The first-order valence-corrected chi connectivity index (χ1v) is 7.75. The van der Waals surface area contributed by atoms with Gasteiger partial charge in [0, 0.05) is 5.92 Å². The van der Waals surface area contributed by atoms with Crippen LogP contribution in [0, 0.1) is 0 Å². The zero-order valence-corrected chi connectivity index (χ0v) is 19.7. The Morgan fingerprint density at radius 2 is 1.12 bits per heavy atom. The third-order valence-electron chi connectivity index (χ3n) is 4.81. The van der Waals surface area contributed by atoms with E-state index in [0.717, 1.165) is 0 Å². The van der Waals surface area contributed by atoms with Crippen molar-refractivity contribution in [3.05, 3.63) is 102 Å². The van der Waals surface area contributed by atoms with Gasteiger partial charge in [-0.15, -0.1) is 40.6 Å². The molecule has 4 aromatic rings. The molecule has 0 atom stereocenters. The normalized spacial score (nSPS) is 11.2. The van der Waals surface area contributed by atoms with Crippen LogP contribution < -0.4 is 37.2 Å². The van der Waals surface area contributed by atoms with Crippen molar-refractivity contribution in [3.63, 3.8) is 0 Å². The number of halogens is 3. The van der Waals surface area contributed by atoms with Crippen molar-refractivity contribution in [1.82, 2.24) is 0 Å². The SMILES string of the molecule is [Cl-].[Cl-].[Cl-].[Hf+4].c1ccc2c(c1)-c1ccccc1C2c1cc2ccccc2[cH-]1. The van der Waals surface area contributed by atoms with E-state index in [4.69, 9.17) is 0 Å². The minimum atomic E-state index is 0. The van der Waals surface area contributed by atoms with Gasteiger partial charge in [-0.3, -0.25) is 0 Å². The number of rotatable bonds is 1. The second-order valence-corrected chi connectivity index (χ2v) is 6.03. The number of hydrogen-bond donors (Lipinski definition) is 0. The molecule has 0 bridgehead atoms. The van der Waals surface area contributed by atoms with Crippen LogP contribution in [0.3, 0.4) is 0 Å². The Labute approximate surface area is 191 Å². The Morgan fingerprint density at radius 1 is 0.615 bits per heavy atom. The van der Waals surface area contributed by atoms with Crippen molar-refractivity contribution in [3.8, 4) is 11.1 Å². The van der Waals surface area contributed by atoms with Crippen LogP contribution in [0.2, 0.25) is 0 Å². The largest absolute Gasteiger partial charge is 4.00 e. The summed E-state index contributed by atoms with van der Waals surface area (Å²) in [4.78, 5) is 0. The molecule has 0 fully saturated rings. The van der Waals surface area contributed by atoms with Gasteiger partial charge >= 0.3 is 25.8 Å². The second-order valence-electron chi connectivity index (χ2n) is 6.03. The molecular weight excluding hydrogens is 549 g/mol. The average molecular weight is 564 g/mol. The van der Waals surface area contributed by atoms with Gasteiger partial charge in [-0.05, 0) is 22.3 Å². The fourth-order valence-corrected chi connectivity index (χ4v) is 3.86. The van der Waals surface area contributed by atoms with Gasteiger partial charge in [-0.25, -0.2) is 0 Å². The van der Waals surface area contributed by atoms with E-state index in [-0.39, 0.29) is 63.1 Å². The molecule has 4 heteroatoms. The van der Waals surface area contributed by atoms with E-state index in [2.05, 4.69) is 84.9 Å². The van der Waals surface area contributed by atoms with Gasteiger partial charge in [0.15, 0.2) is 0 Å². The Balaban J connectivity index is 0.000000845. The quantitative estimate of drug-likeness (QED) is 0.148. The zero-order chi connectivity index (χ0) is 14.5. The summed E-state index contributed by atoms with van der Waals surface area (Å²) in [5, 5.41) is 2.67. The predicted octanol–water partition coefficient (Wildman–Crippen LogP) is -3.27. The number of fused-ring (bicyclic) bond motifs is 4. The molecule has 0 radical (unpaired) electrons. The fraction of sp³-hybridized carbons (Fsp3) is 0.0455. The van der Waals surface area contributed by atoms with Gasteiger partial charge in [-0.2, -0.15) is 6.07 Å². The summed E-state index contributed by atoms with van der Waals surface area (Å²) >= 11 is 0. The minimum Gasteiger partial charge on any atom is -1.00 e. The summed E-state index contributed by atoms with van der Waals surface area (Å²) < 4.78 is 0. The summed E-state index contributed by atoms with van der Waals surface area (Å²) in [7, 11) is 0. The summed E-state index contributed by atoms with van der Waals surface area (Å²) in [6.45, 7) is 0. The molecule has 1 aliphatic rings. The first kappa shape index (κ1) is 23.1. The van der Waals surface area contributed by atoms with E-state index in [0.29, 0.717) is 5.92 Å². The van der Waals surface area contributed by atoms with Crippen molar-refractivity contribution in [1.29, 1.82) is 0 Å². The zero-order valence-electron chi connectivity index (χ0n) is 13.8. The van der Waals surface area contributed by atoms with Crippen LogP contribution >= 0.6 is 0 Å². The van der Waals surface area contributed by atoms with Crippen LogP contribution in [0.15, 0.2) is 84.9 Å². The van der Waals surface area contributed by atoms with Gasteiger partial charge in [-0.1, -0.05) is 54.6 Å². The number of hydrogen-bond acceptors (Lipinski definition) is 0. The van der Waals surface area contributed by atoms with E-state index in [9.17, 15) is 0 Å². The average Bonchev–Trinajstić information content (AvgIpc) is 3.13. The van der Waals surface area contributed by atoms with E-state index < -0.39 is 0 Å². The van der Waals surface area contributed by atoms with Crippen LogP contribution in [0.4, 0.5) is 0 Å². The molecule has 0 aliphatic heterocycles. The number of benzene rings is 3. The van der Waals surface area contributed by atoms with Gasteiger partial charge in [0.1, 0.15) is 0 Å². The molecule has 1 aliphatic carbocycles. The smallest absolute Gasteiger partial charge is 1.00 e. The van der Waals surface area contributed by atoms with Crippen LogP contribution in [0.1, 0.15) is 22.6 Å². The van der Waals surface area contributed by atoms with Gasteiger partial charge in [0.25, 0.3) is 0 Å². The third kappa shape index (κ3) is 3.55. The first-order valence-electron chi connectivity index (χ1n) is 7.75. The van der Waals surface area contributed by atoms with Gasteiger partial charge in [0.05, 0.1) is 0 Å². The van der Waals surface area contributed by atoms with Crippen LogP contribution in [-0.2, 0) is 25.8 Å². The molecule has 0 saturated carbocycles. The van der Waals surface area contributed by atoms with E-state index >= 15 is 0 Å². The second kappa shape index (κ2) is 9.28. The van der Waals surface area contributed by atoms with Crippen LogP contribution in [0.25, 0.3) is 21.9 Å². The summed E-state index contributed by atoms with van der Waals surface area (Å²) in [6, 6.07) is 30.9. The van der Waals surface area contributed by atoms with Crippen molar-refractivity contribution < 1.29 is 63.1 Å². The standard InChI is InChI=1S/C22H15.3ClH.Hf/c1-2-8-16-14-17(13-15(16)7-1)22-20-11-5-3-9-18(20)19-10-4-6-12-21(19)22;;;;/h1-14,22H;3*1H;/q-1;;;;+4/p-3. The topological polar surface area (TPSA) is 0 Å². The van der Waals surface area contributed by atoms with Crippen molar-refractivity contribution in [2.75, 3.05) is 0 Å². The molecule has 0 nitrogen and oxygen atoms in total. The third-order valence-corrected chi connectivity index (χ3v) is 4.81. The van der Waals surface area contributed by atoms with Crippen molar-refractivity contribution in [2.24, 2.45) is 0 Å². The maximum Gasteiger partial charge on any atom is 4.00 e. The van der Waals surface area contributed by atoms with E-state index in [1.165, 1.54) is 38.6 Å². The van der Waals surface area contributed by atoms with Crippen LogP contribution in [0.5, 0.6) is 0 Å². The van der Waals surface area contributed by atoms with Gasteiger partial charge < -0.3 is 37.2 Å². The molecule has 0 saturated heterocycles. The Bertz CT molecular complexity index is 928. The maximum absolute atomic E-state index is 2.35. The molecule has 5 rings (SSSR count). The molecular formula is C22H15Cl3Hf. The summed E-state index contributed by atoms with van der Waals surface area (Å²) in [5.74, 6) is 0.361. The molecule has 0 aromatic heterocycles. The molecule has 128 valence electrons. The van der Waals surface area contributed by atoms with E-state index in [1.54, 1.807) is 0 Å². The Hall–Kier alpha value is -0.990. The molecule has 0 heterocycles. The molecule has 26 heavy (non-hydrogen) atoms. The Morgan fingerprint density at radius 3 is 1.69 bits per heavy atom.